The summed E-state index contributed by atoms with van der Waals surface area (Å²) in [6, 6.07) is 7.07. The highest BCUT2D eigenvalue weighted by molar-refractivity contribution is 5.43. The van der Waals surface area contributed by atoms with E-state index in [1.807, 2.05) is 6.92 Å². The first-order chi connectivity index (χ1) is 8.26. The van der Waals surface area contributed by atoms with Gasteiger partial charge in [0.25, 0.3) is 0 Å². The molecule has 1 aromatic rings. The molecular formula is C15H23NO. The zero-order chi connectivity index (χ0) is 12.3. The van der Waals surface area contributed by atoms with Crippen molar-refractivity contribution in [2.45, 2.75) is 45.6 Å². The summed E-state index contributed by atoms with van der Waals surface area (Å²) in [6.45, 7) is 8.38. The normalized spacial score (nSPS) is 22.5. The molecule has 2 unspecified atom stereocenters. The fourth-order valence-corrected chi connectivity index (χ4v) is 2.68. The van der Waals surface area contributed by atoms with Gasteiger partial charge in [0.05, 0.1) is 6.61 Å². The van der Waals surface area contributed by atoms with Crippen LogP contribution in [0.3, 0.4) is 0 Å². The molecule has 2 rings (SSSR count). The molecule has 0 aromatic heterocycles. The van der Waals surface area contributed by atoms with Gasteiger partial charge in [0, 0.05) is 6.04 Å². The van der Waals surface area contributed by atoms with Gasteiger partial charge in [-0.05, 0) is 55.5 Å². The fraction of sp³-hybridized carbons (Fsp3) is 0.600. The van der Waals surface area contributed by atoms with Crippen molar-refractivity contribution in [3.63, 3.8) is 0 Å². The van der Waals surface area contributed by atoms with E-state index in [2.05, 4.69) is 37.4 Å². The second kappa shape index (κ2) is 5.54. The third-order valence-electron chi connectivity index (χ3n) is 3.51. The van der Waals surface area contributed by atoms with Crippen molar-refractivity contribution in [3.05, 3.63) is 29.3 Å². The van der Waals surface area contributed by atoms with Crippen LogP contribution in [0.5, 0.6) is 5.75 Å². The minimum atomic E-state index is 0.514. The number of nitrogens with one attached hydrogen (secondary N) is 1. The summed E-state index contributed by atoms with van der Waals surface area (Å²) in [5.74, 6) is 1.67. The smallest absolute Gasteiger partial charge is 0.119 e. The lowest BCUT2D eigenvalue weighted by molar-refractivity contribution is 0.339. The second-order valence-corrected chi connectivity index (χ2v) is 4.87. The van der Waals surface area contributed by atoms with Crippen LogP contribution >= 0.6 is 0 Å². The van der Waals surface area contributed by atoms with Crippen LogP contribution in [0.25, 0.3) is 0 Å². The summed E-state index contributed by atoms with van der Waals surface area (Å²) < 4.78 is 5.59. The lowest BCUT2D eigenvalue weighted by Crippen LogP contribution is -2.19. The molecule has 0 saturated carbocycles. The van der Waals surface area contributed by atoms with E-state index in [1.54, 1.807) is 0 Å². The maximum Gasteiger partial charge on any atom is 0.119 e. The fourth-order valence-electron chi connectivity index (χ4n) is 2.68. The van der Waals surface area contributed by atoms with Crippen LogP contribution < -0.4 is 10.1 Å². The van der Waals surface area contributed by atoms with Crippen molar-refractivity contribution in [3.8, 4) is 5.75 Å². The highest BCUT2D eigenvalue weighted by Gasteiger charge is 2.27. The number of hydrogen-bond acceptors (Lipinski definition) is 2. The largest absolute Gasteiger partial charge is 0.494 e. The molecule has 1 N–H and O–H groups in total. The summed E-state index contributed by atoms with van der Waals surface area (Å²) in [6.07, 6.45) is 2.40. The molecule has 0 aliphatic heterocycles. The predicted octanol–water partition coefficient (Wildman–Crippen LogP) is 3.63. The Hall–Kier alpha value is -1.02. The molecule has 0 saturated heterocycles. The van der Waals surface area contributed by atoms with Crippen LogP contribution in [0.4, 0.5) is 0 Å². The van der Waals surface area contributed by atoms with E-state index >= 15 is 0 Å². The van der Waals surface area contributed by atoms with Crippen molar-refractivity contribution in [1.29, 1.82) is 0 Å². The number of fused-ring (bicyclic) bond motifs is 1. The molecule has 0 spiro atoms. The third kappa shape index (κ3) is 2.63. The lowest BCUT2D eigenvalue weighted by atomic mass is 10.0. The molecule has 0 amide bonds. The predicted molar refractivity (Wildman–Crippen MR) is 71.7 cm³/mol. The first kappa shape index (κ1) is 12.4. The highest BCUT2D eigenvalue weighted by atomic mass is 16.5. The summed E-state index contributed by atoms with van der Waals surface area (Å²) in [4.78, 5) is 0. The Morgan fingerprint density at radius 1 is 1.29 bits per heavy atom. The van der Waals surface area contributed by atoms with Gasteiger partial charge in [0.15, 0.2) is 0 Å². The van der Waals surface area contributed by atoms with E-state index in [1.165, 1.54) is 24.0 Å². The van der Waals surface area contributed by atoms with Gasteiger partial charge in [-0.25, -0.2) is 0 Å². The van der Waals surface area contributed by atoms with Gasteiger partial charge in [-0.1, -0.05) is 19.9 Å². The molecule has 2 heteroatoms. The molecule has 17 heavy (non-hydrogen) atoms. The topological polar surface area (TPSA) is 21.3 Å². The average molecular weight is 233 g/mol. The molecule has 2 nitrogen and oxygen atoms in total. The van der Waals surface area contributed by atoms with E-state index in [0.29, 0.717) is 12.0 Å². The Balaban J connectivity index is 2.20. The maximum atomic E-state index is 5.59. The van der Waals surface area contributed by atoms with Crippen LogP contribution in [0, 0.1) is 0 Å². The van der Waals surface area contributed by atoms with Crippen LogP contribution in [0.2, 0.25) is 0 Å². The Morgan fingerprint density at radius 2 is 2.12 bits per heavy atom. The molecule has 0 heterocycles. The molecular weight excluding hydrogens is 210 g/mol. The Labute approximate surface area is 104 Å². The summed E-state index contributed by atoms with van der Waals surface area (Å²) in [7, 11) is 0. The molecule has 0 bridgehead atoms. The first-order valence-corrected chi connectivity index (χ1v) is 6.76. The highest BCUT2D eigenvalue weighted by Crippen LogP contribution is 2.41. The van der Waals surface area contributed by atoms with Gasteiger partial charge in [0.2, 0.25) is 0 Å². The quantitative estimate of drug-likeness (QED) is 0.838. The van der Waals surface area contributed by atoms with Crippen molar-refractivity contribution in [2.24, 2.45) is 0 Å². The summed E-state index contributed by atoms with van der Waals surface area (Å²) >= 11 is 0. The SMILES string of the molecule is CCCNC1CC(C)c2ccc(OCC)cc21. The number of rotatable bonds is 5. The van der Waals surface area contributed by atoms with Gasteiger partial charge in [0.1, 0.15) is 5.75 Å². The average Bonchev–Trinajstić information content (AvgIpc) is 2.64. The maximum absolute atomic E-state index is 5.59. The van der Waals surface area contributed by atoms with Gasteiger partial charge >= 0.3 is 0 Å². The Bertz CT molecular complexity index is 375. The third-order valence-corrected chi connectivity index (χ3v) is 3.51. The Morgan fingerprint density at radius 3 is 2.82 bits per heavy atom. The molecule has 1 aliphatic carbocycles. The van der Waals surface area contributed by atoms with Crippen LogP contribution in [-0.2, 0) is 0 Å². The second-order valence-electron chi connectivity index (χ2n) is 4.87. The molecule has 0 fully saturated rings. The van der Waals surface area contributed by atoms with Gasteiger partial charge < -0.3 is 10.1 Å². The van der Waals surface area contributed by atoms with E-state index in [9.17, 15) is 0 Å². The summed E-state index contributed by atoms with van der Waals surface area (Å²) in [5.41, 5.74) is 2.93. The Kier molecular flexibility index (Phi) is 4.06. The molecule has 94 valence electrons. The van der Waals surface area contributed by atoms with Gasteiger partial charge in [-0.15, -0.1) is 0 Å². The van der Waals surface area contributed by atoms with Crippen molar-refractivity contribution < 1.29 is 4.74 Å². The van der Waals surface area contributed by atoms with Crippen LogP contribution in [0.15, 0.2) is 18.2 Å². The zero-order valence-corrected chi connectivity index (χ0v) is 11.1. The van der Waals surface area contributed by atoms with E-state index in [0.717, 1.165) is 18.9 Å². The molecule has 2 atom stereocenters. The first-order valence-electron chi connectivity index (χ1n) is 6.76. The minimum Gasteiger partial charge on any atom is -0.494 e. The molecule has 1 aliphatic rings. The monoisotopic (exact) mass is 233 g/mol. The summed E-state index contributed by atoms with van der Waals surface area (Å²) in [5, 5.41) is 3.63. The van der Waals surface area contributed by atoms with E-state index in [4.69, 9.17) is 4.74 Å². The van der Waals surface area contributed by atoms with E-state index < -0.39 is 0 Å². The number of benzene rings is 1. The number of hydrogen-bond donors (Lipinski definition) is 1. The lowest BCUT2D eigenvalue weighted by Gasteiger charge is -2.14. The standard InChI is InChI=1S/C15H23NO/c1-4-8-16-15-9-11(3)13-7-6-12(17-5-2)10-14(13)15/h6-7,10-11,15-16H,4-5,8-9H2,1-3H3. The van der Waals surface area contributed by atoms with Gasteiger partial charge in [-0.3, -0.25) is 0 Å². The van der Waals surface area contributed by atoms with Crippen molar-refractivity contribution >= 4 is 0 Å². The van der Waals surface area contributed by atoms with Crippen molar-refractivity contribution in [1.82, 2.24) is 5.32 Å². The molecule has 0 radical (unpaired) electrons. The van der Waals surface area contributed by atoms with Crippen LogP contribution in [0.1, 0.15) is 56.7 Å². The molecule has 1 aromatic carbocycles. The van der Waals surface area contributed by atoms with E-state index in [-0.39, 0.29) is 0 Å². The van der Waals surface area contributed by atoms with Crippen molar-refractivity contribution in [2.75, 3.05) is 13.2 Å². The zero-order valence-electron chi connectivity index (χ0n) is 11.1. The number of ether oxygens (including phenoxy) is 1. The van der Waals surface area contributed by atoms with Gasteiger partial charge in [-0.2, -0.15) is 0 Å². The minimum absolute atomic E-state index is 0.514. The van der Waals surface area contributed by atoms with Crippen LogP contribution in [-0.4, -0.2) is 13.2 Å².